The molecule has 1 aromatic carbocycles. The van der Waals surface area contributed by atoms with E-state index in [1.807, 2.05) is 11.9 Å². The molecule has 0 saturated heterocycles. The molecule has 0 aliphatic carbocycles. The van der Waals surface area contributed by atoms with Gasteiger partial charge in [-0.2, -0.15) is 0 Å². The lowest BCUT2D eigenvalue weighted by Crippen LogP contribution is -2.19. The van der Waals surface area contributed by atoms with Gasteiger partial charge in [0.15, 0.2) is 0 Å². The van der Waals surface area contributed by atoms with E-state index in [2.05, 4.69) is 0 Å². The highest BCUT2D eigenvalue weighted by Crippen LogP contribution is 2.04. The monoisotopic (exact) mass is 181 g/mol. The summed E-state index contributed by atoms with van der Waals surface area (Å²) >= 11 is 0. The number of carbonyl (C=O) groups is 1. The Kier molecular flexibility index (Phi) is 3.58. The van der Waals surface area contributed by atoms with Gasteiger partial charge in [0.25, 0.3) is 0 Å². The van der Waals surface area contributed by atoms with E-state index in [-0.39, 0.29) is 5.82 Å². The summed E-state index contributed by atoms with van der Waals surface area (Å²) in [4.78, 5) is 12.0. The van der Waals surface area contributed by atoms with Crippen molar-refractivity contribution >= 4 is 6.29 Å². The van der Waals surface area contributed by atoms with Crippen LogP contribution in [0.15, 0.2) is 24.3 Å². The predicted octanol–water partition coefficient (Wildman–Crippen LogP) is 1.46. The molecule has 0 bridgehead atoms. The second-order valence-corrected chi connectivity index (χ2v) is 2.99. The molecule has 0 amide bonds. The number of carbonyl (C=O) groups excluding carboxylic acids is 1. The molecule has 0 fully saturated rings. The summed E-state index contributed by atoms with van der Waals surface area (Å²) in [7, 11) is 1.84. The van der Waals surface area contributed by atoms with Crippen LogP contribution in [-0.4, -0.2) is 24.8 Å². The van der Waals surface area contributed by atoms with Crippen LogP contribution in [0, 0.1) is 5.82 Å². The molecule has 1 aromatic rings. The van der Waals surface area contributed by atoms with Crippen molar-refractivity contribution in [3.8, 4) is 0 Å². The molecule has 0 N–H and O–H groups in total. The summed E-state index contributed by atoms with van der Waals surface area (Å²) in [6.45, 7) is 1.07. The maximum Gasteiger partial charge on any atom is 0.133 e. The molecule has 0 unspecified atom stereocenters. The highest BCUT2D eigenvalue weighted by molar-refractivity contribution is 5.51. The maximum atomic E-state index is 12.5. The van der Waals surface area contributed by atoms with Gasteiger partial charge in [-0.15, -0.1) is 0 Å². The number of rotatable bonds is 4. The van der Waals surface area contributed by atoms with Crippen LogP contribution in [-0.2, 0) is 11.3 Å². The molecule has 1 rings (SSSR count). The summed E-state index contributed by atoms with van der Waals surface area (Å²) in [5.74, 6) is -0.234. The molecule has 0 heterocycles. The Morgan fingerprint density at radius 3 is 2.54 bits per heavy atom. The second kappa shape index (κ2) is 4.72. The zero-order chi connectivity index (χ0) is 9.68. The number of halogens is 1. The molecule has 13 heavy (non-hydrogen) atoms. The summed E-state index contributed by atoms with van der Waals surface area (Å²) in [5, 5.41) is 0. The summed E-state index contributed by atoms with van der Waals surface area (Å²) in [6, 6.07) is 6.28. The van der Waals surface area contributed by atoms with Gasteiger partial charge in [0, 0.05) is 6.54 Å². The lowest BCUT2D eigenvalue weighted by atomic mass is 10.2. The number of hydrogen-bond acceptors (Lipinski definition) is 2. The highest BCUT2D eigenvalue weighted by Gasteiger charge is 1.98. The molecule has 3 heteroatoms. The number of hydrogen-bond donors (Lipinski definition) is 0. The Balaban J connectivity index is 2.53. The lowest BCUT2D eigenvalue weighted by Gasteiger charge is -2.12. The SMILES string of the molecule is CN(CC=O)Cc1ccc(F)cc1. The summed E-state index contributed by atoms with van der Waals surface area (Å²) in [5.41, 5.74) is 1.01. The van der Waals surface area contributed by atoms with Crippen LogP contribution in [0.4, 0.5) is 4.39 Å². The van der Waals surface area contributed by atoms with Crippen LogP contribution >= 0.6 is 0 Å². The van der Waals surface area contributed by atoms with Crippen molar-refractivity contribution in [1.82, 2.24) is 4.90 Å². The smallest absolute Gasteiger partial charge is 0.133 e. The first-order valence-corrected chi connectivity index (χ1v) is 4.09. The Morgan fingerprint density at radius 2 is 2.00 bits per heavy atom. The van der Waals surface area contributed by atoms with Crippen LogP contribution < -0.4 is 0 Å². The first kappa shape index (κ1) is 9.86. The maximum absolute atomic E-state index is 12.5. The zero-order valence-corrected chi connectivity index (χ0v) is 7.53. The van der Waals surface area contributed by atoms with Gasteiger partial charge in [-0.25, -0.2) is 4.39 Å². The van der Waals surface area contributed by atoms with Gasteiger partial charge in [-0.05, 0) is 24.7 Å². The standard InChI is InChI=1S/C10H12FNO/c1-12(6-7-13)8-9-2-4-10(11)5-3-9/h2-5,7H,6,8H2,1H3. The number of likely N-dealkylation sites (N-methyl/N-ethyl adjacent to an activating group) is 1. The van der Waals surface area contributed by atoms with Crippen LogP contribution in [0.2, 0.25) is 0 Å². The van der Waals surface area contributed by atoms with Crippen LogP contribution in [0.1, 0.15) is 5.56 Å². The second-order valence-electron chi connectivity index (χ2n) is 2.99. The normalized spacial score (nSPS) is 10.4. The number of aldehydes is 1. The molecule has 70 valence electrons. The first-order chi connectivity index (χ1) is 6.22. The Morgan fingerprint density at radius 1 is 1.38 bits per heavy atom. The van der Waals surface area contributed by atoms with Crippen molar-refractivity contribution in [2.45, 2.75) is 6.54 Å². The summed E-state index contributed by atoms with van der Waals surface area (Å²) < 4.78 is 12.5. The lowest BCUT2D eigenvalue weighted by molar-refractivity contribution is -0.108. The molecular formula is C10H12FNO. The van der Waals surface area contributed by atoms with Gasteiger partial charge in [0.2, 0.25) is 0 Å². The third-order valence-corrected chi connectivity index (χ3v) is 1.75. The van der Waals surface area contributed by atoms with E-state index in [0.717, 1.165) is 11.8 Å². The molecule has 0 aliphatic rings. The molecule has 0 atom stereocenters. The largest absolute Gasteiger partial charge is 0.302 e. The van der Waals surface area contributed by atoms with Gasteiger partial charge in [-0.1, -0.05) is 12.1 Å². The minimum atomic E-state index is -0.234. The molecular weight excluding hydrogens is 169 g/mol. The molecule has 0 aliphatic heterocycles. The van der Waals surface area contributed by atoms with Gasteiger partial charge in [0.05, 0.1) is 6.54 Å². The van der Waals surface area contributed by atoms with Gasteiger partial charge >= 0.3 is 0 Å². The quantitative estimate of drug-likeness (QED) is 0.655. The average Bonchev–Trinajstić information content (AvgIpc) is 2.09. The third-order valence-electron chi connectivity index (χ3n) is 1.75. The Bertz CT molecular complexity index is 271. The van der Waals surface area contributed by atoms with Crippen LogP contribution in [0.25, 0.3) is 0 Å². The topological polar surface area (TPSA) is 20.3 Å². The molecule has 0 spiro atoms. The molecule has 0 aromatic heterocycles. The Hall–Kier alpha value is -1.22. The van der Waals surface area contributed by atoms with Crippen molar-refractivity contribution in [3.05, 3.63) is 35.6 Å². The minimum Gasteiger partial charge on any atom is -0.302 e. The number of nitrogens with zero attached hydrogens (tertiary/aromatic N) is 1. The first-order valence-electron chi connectivity index (χ1n) is 4.09. The van der Waals surface area contributed by atoms with E-state index in [4.69, 9.17) is 0 Å². The van der Waals surface area contributed by atoms with Crippen LogP contribution in [0.3, 0.4) is 0 Å². The highest BCUT2D eigenvalue weighted by atomic mass is 19.1. The predicted molar refractivity (Wildman–Crippen MR) is 48.8 cm³/mol. The van der Waals surface area contributed by atoms with E-state index < -0.39 is 0 Å². The summed E-state index contributed by atoms with van der Waals surface area (Å²) in [6.07, 6.45) is 0.851. The molecule has 0 radical (unpaired) electrons. The van der Waals surface area contributed by atoms with Crippen molar-refractivity contribution in [1.29, 1.82) is 0 Å². The number of benzene rings is 1. The van der Waals surface area contributed by atoms with Crippen molar-refractivity contribution in [2.24, 2.45) is 0 Å². The fourth-order valence-electron chi connectivity index (χ4n) is 1.09. The van der Waals surface area contributed by atoms with Gasteiger partial charge in [0.1, 0.15) is 12.1 Å². The molecule has 0 saturated carbocycles. The van der Waals surface area contributed by atoms with E-state index in [0.29, 0.717) is 13.1 Å². The van der Waals surface area contributed by atoms with E-state index >= 15 is 0 Å². The van der Waals surface area contributed by atoms with E-state index in [9.17, 15) is 9.18 Å². The fraction of sp³-hybridized carbons (Fsp3) is 0.300. The average molecular weight is 181 g/mol. The van der Waals surface area contributed by atoms with Crippen LogP contribution in [0.5, 0.6) is 0 Å². The van der Waals surface area contributed by atoms with Crippen molar-refractivity contribution in [3.63, 3.8) is 0 Å². The molecule has 2 nitrogen and oxygen atoms in total. The Labute approximate surface area is 77.0 Å². The zero-order valence-electron chi connectivity index (χ0n) is 7.53. The van der Waals surface area contributed by atoms with Gasteiger partial charge in [-0.3, -0.25) is 4.90 Å². The van der Waals surface area contributed by atoms with Crippen molar-refractivity contribution in [2.75, 3.05) is 13.6 Å². The van der Waals surface area contributed by atoms with Crippen molar-refractivity contribution < 1.29 is 9.18 Å². The third kappa shape index (κ3) is 3.34. The minimum absolute atomic E-state index is 0.234. The van der Waals surface area contributed by atoms with E-state index in [1.165, 1.54) is 12.1 Å². The van der Waals surface area contributed by atoms with E-state index in [1.54, 1.807) is 12.1 Å². The fourth-order valence-corrected chi connectivity index (χ4v) is 1.09. The van der Waals surface area contributed by atoms with Gasteiger partial charge < -0.3 is 4.79 Å².